The molecule has 130 valence electrons. The highest BCUT2D eigenvalue weighted by molar-refractivity contribution is 5.88. The van der Waals surface area contributed by atoms with Crippen molar-refractivity contribution in [3.63, 3.8) is 0 Å². The average Bonchev–Trinajstić information content (AvgIpc) is 2.58. The zero-order valence-corrected chi connectivity index (χ0v) is 15.0. The van der Waals surface area contributed by atoms with E-state index in [-0.39, 0.29) is 17.9 Å². The number of nitrogens with one attached hydrogen (secondary N) is 1. The average molecular weight is 328 g/mol. The van der Waals surface area contributed by atoms with E-state index < -0.39 is 0 Å². The Balaban J connectivity index is 2.14. The second-order valence-corrected chi connectivity index (χ2v) is 6.76. The number of benzene rings is 2. The van der Waals surface area contributed by atoms with E-state index in [2.05, 4.69) is 25.2 Å². The second-order valence-electron chi connectivity index (χ2n) is 6.76. The summed E-state index contributed by atoms with van der Waals surface area (Å²) in [5, 5.41) is 5.28. The van der Waals surface area contributed by atoms with Crippen molar-refractivity contribution in [1.82, 2.24) is 5.32 Å². The van der Waals surface area contributed by atoms with Gasteiger partial charge < -0.3 is 15.8 Å². The Kier molecular flexibility index (Phi) is 6.21. The maximum absolute atomic E-state index is 12.5. The summed E-state index contributed by atoms with van der Waals surface area (Å²) in [7, 11) is 1.66. The predicted molar refractivity (Wildman–Crippen MR) is 99.4 cm³/mol. The Bertz CT molecular complexity index is 697. The lowest BCUT2D eigenvalue weighted by atomic mass is 9.96. The molecule has 0 aromatic heterocycles. The van der Waals surface area contributed by atoms with Gasteiger partial charge in [0.25, 0.3) is 0 Å². The van der Waals surface area contributed by atoms with Crippen LogP contribution in [0.1, 0.15) is 38.7 Å². The van der Waals surface area contributed by atoms with Crippen LogP contribution in [0.2, 0.25) is 0 Å². The molecule has 2 rings (SSSR count). The third kappa shape index (κ3) is 4.48. The summed E-state index contributed by atoms with van der Waals surface area (Å²) < 4.78 is 5.25. The first kappa shape index (κ1) is 18.3. The van der Waals surface area contributed by atoms with Gasteiger partial charge in [-0.25, -0.2) is 0 Å². The molecule has 0 bridgehead atoms. The third-order valence-corrected chi connectivity index (χ3v) is 4.35. The SMILES string of the molecule is COc1ccc2cc(C(C)C(=O)NC(CN)CC(C)C)ccc2c1. The van der Waals surface area contributed by atoms with E-state index in [0.29, 0.717) is 12.5 Å². The van der Waals surface area contributed by atoms with Gasteiger partial charge in [0, 0.05) is 12.6 Å². The number of amides is 1. The first-order valence-corrected chi connectivity index (χ1v) is 8.52. The minimum Gasteiger partial charge on any atom is -0.497 e. The highest BCUT2D eigenvalue weighted by Gasteiger charge is 2.19. The summed E-state index contributed by atoms with van der Waals surface area (Å²) in [4.78, 5) is 12.5. The number of methoxy groups -OCH3 is 1. The molecule has 0 aliphatic rings. The van der Waals surface area contributed by atoms with E-state index in [0.717, 1.165) is 28.5 Å². The molecule has 0 spiro atoms. The van der Waals surface area contributed by atoms with E-state index in [4.69, 9.17) is 10.5 Å². The van der Waals surface area contributed by atoms with Crippen LogP contribution in [0.5, 0.6) is 5.75 Å². The first-order chi connectivity index (χ1) is 11.4. The van der Waals surface area contributed by atoms with Gasteiger partial charge in [-0.2, -0.15) is 0 Å². The van der Waals surface area contributed by atoms with Crippen LogP contribution in [0.3, 0.4) is 0 Å². The molecule has 4 heteroatoms. The van der Waals surface area contributed by atoms with E-state index in [9.17, 15) is 4.79 Å². The summed E-state index contributed by atoms with van der Waals surface area (Å²) in [6, 6.07) is 12.1. The van der Waals surface area contributed by atoms with Crippen molar-refractivity contribution in [3.05, 3.63) is 42.0 Å². The molecule has 1 amide bonds. The standard InChI is InChI=1S/C20H28N2O2/c1-13(2)9-18(12-21)22-20(23)14(3)15-5-6-17-11-19(24-4)8-7-16(17)10-15/h5-8,10-11,13-14,18H,9,12,21H2,1-4H3,(H,22,23). The molecule has 0 aliphatic carbocycles. The highest BCUT2D eigenvalue weighted by Crippen LogP contribution is 2.25. The Morgan fingerprint density at radius 1 is 1.12 bits per heavy atom. The maximum Gasteiger partial charge on any atom is 0.227 e. The van der Waals surface area contributed by atoms with E-state index >= 15 is 0 Å². The largest absolute Gasteiger partial charge is 0.497 e. The minimum atomic E-state index is -0.210. The molecule has 2 aromatic rings. The fourth-order valence-corrected chi connectivity index (χ4v) is 2.90. The van der Waals surface area contributed by atoms with E-state index in [1.165, 1.54) is 0 Å². The number of hydrogen-bond acceptors (Lipinski definition) is 3. The van der Waals surface area contributed by atoms with Crippen molar-refractivity contribution in [2.24, 2.45) is 11.7 Å². The summed E-state index contributed by atoms with van der Waals surface area (Å²) >= 11 is 0. The van der Waals surface area contributed by atoms with Crippen molar-refractivity contribution in [2.75, 3.05) is 13.7 Å². The molecule has 2 atom stereocenters. The van der Waals surface area contributed by atoms with Crippen LogP contribution in [-0.2, 0) is 4.79 Å². The van der Waals surface area contributed by atoms with Crippen LogP contribution in [-0.4, -0.2) is 25.6 Å². The van der Waals surface area contributed by atoms with E-state index in [1.54, 1.807) is 7.11 Å². The lowest BCUT2D eigenvalue weighted by Crippen LogP contribution is -2.42. The van der Waals surface area contributed by atoms with Crippen LogP contribution in [0.15, 0.2) is 36.4 Å². The Morgan fingerprint density at radius 3 is 2.42 bits per heavy atom. The normalized spacial score (nSPS) is 13.8. The number of hydrogen-bond donors (Lipinski definition) is 2. The summed E-state index contributed by atoms with van der Waals surface area (Å²) in [6.07, 6.45) is 0.895. The Labute approximate surface area is 144 Å². The predicted octanol–water partition coefficient (Wildman–Crippen LogP) is 3.44. The molecule has 0 radical (unpaired) electrons. The van der Waals surface area contributed by atoms with Crippen LogP contribution in [0.4, 0.5) is 0 Å². The van der Waals surface area contributed by atoms with Crippen molar-refractivity contribution >= 4 is 16.7 Å². The molecule has 0 saturated heterocycles. The summed E-state index contributed by atoms with van der Waals surface area (Å²) in [5.74, 6) is 1.15. The van der Waals surface area contributed by atoms with Gasteiger partial charge in [0.2, 0.25) is 5.91 Å². The molecule has 0 aliphatic heterocycles. The number of carbonyl (C=O) groups is 1. The minimum absolute atomic E-state index is 0.0268. The number of rotatable bonds is 7. The fraction of sp³-hybridized carbons (Fsp3) is 0.450. The van der Waals surface area contributed by atoms with Crippen molar-refractivity contribution in [2.45, 2.75) is 39.2 Å². The highest BCUT2D eigenvalue weighted by atomic mass is 16.5. The van der Waals surface area contributed by atoms with Crippen molar-refractivity contribution in [1.29, 1.82) is 0 Å². The number of ether oxygens (including phenoxy) is 1. The van der Waals surface area contributed by atoms with Crippen molar-refractivity contribution < 1.29 is 9.53 Å². The van der Waals surface area contributed by atoms with Gasteiger partial charge in [-0.1, -0.05) is 38.1 Å². The van der Waals surface area contributed by atoms with Crippen LogP contribution < -0.4 is 15.8 Å². The van der Waals surface area contributed by atoms with Crippen LogP contribution in [0.25, 0.3) is 10.8 Å². The van der Waals surface area contributed by atoms with Crippen LogP contribution >= 0.6 is 0 Å². The van der Waals surface area contributed by atoms with Gasteiger partial charge in [0.15, 0.2) is 0 Å². The van der Waals surface area contributed by atoms with Gasteiger partial charge in [-0.05, 0) is 47.7 Å². The van der Waals surface area contributed by atoms with Gasteiger partial charge in [0.05, 0.1) is 13.0 Å². The van der Waals surface area contributed by atoms with Crippen molar-refractivity contribution in [3.8, 4) is 5.75 Å². The lowest BCUT2D eigenvalue weighted by Gasteiger charge is -2.21. The quantitative estimate of drug-likeness (QED) is 0.818. The van der Waals surface area contributed by atoms with Gasteiger partial charge >= 0.3 is 0 Å². The van der Waals surface area contributed by atoms with Crippen LogP contribution in [0, 0.1) is 5.92 Å². The van der Waals surface area contributed by atoms with Gasteiger partial charge in [0.1, 0.15) is 5.75 Å². The van der Waals surface area contributed by atoms with Gasteiger partial charge in [-0.15, -0.1) is 0 Å². The number of carbonyl (C=O) groups excluding carboxylic acids is 1. The summed E-state index contributed by atoms with van der Waals surface area (Å²) in [5.41, 5.74) is 6.79. The van der Waals surface area contributed by atoms with E-state index in [1.807, 2.05) is 37.3 Å². The zero-order chi connectivity index (χ0) is 17.7. The Morgan fingerprint density at radius 2 is 1.79 bits per heavy atom. The third-order valence-electron chi connectivity index (χ3n) is 4.35. The molecule has 2 aromatic carbocycles. The Hall–Kier alpha value is -2.07. The smallest absolute Gasteiger partial charge is 0.227 e. The fourth-order valence-electron chi connectivity index (χ4n) is 2.90. The molecule has 0 heterocycles. The monoisotopic (exact) mass is 328 g/mol. The maximum atomic E-state index is 12.5. The number of fused-ring (bicyclic) bond motifs is 1. The van der Waals surface area contributed by atoms with Gasteiger partial charge in [-0.3, -0.25) is 4.79 Å². The second kappa shape index (κ2) is 8.15. The molecule has 2 unspecified atom stereocenters. The molecule has 4 nitrogen and oxygen atoms in total. The molecule has 0 fully saturated rings. The topological polar surface area (TPSA) is 64.3 Å². The summed E-state index contributed by atoms with van der Waals surface area (Å²) in [6.45, 7) is 6.67. The molecular weight excluding hydrogens is 300 g/mol. The molecule has 3 N–H and O–H groups in total. The molecule has 0 saturated carbocycles. The first-order valence-electron chi connectivity index (χ1n) is 8.52. The molecular formula is C20H28N2O2. The number of nitrogens with two attached hydrogens (primary N) is 1. The molecule has 24 heavy (non-hydrogen) atoms. The lowest BCUT2D eigenvalue weighted by molar-refractivity contribution is -0.122. The zero-order valence-electron chi connectivity index (χ0n) is 15.0.